The van der Waals surface area contributed by atoms with Gasteiger partial charge in [0, 0.05) is 11.5 Å². The lowest BCUT2D eigenvalue weighted by Gasteiger charge is -2.20. The number of hydrogen-bond donors (Lipinski definition) is 2. The first-order valence-electron chi connectivity index (χ1n) is 5.63. The maximum atomic E-state index is 11.4. The maximum absolute atomic E-state index is 11.4. The molecule has 1 amide bonds. The van der Waals surface area contributed by atoms with E-state index in [1.807, 2.05) is 20.8 Å². The molecule has 0 bridgehead atoms. The van der Waals surface area contributed by atoms with Gasteiger partial charge in [-0.3, -0.25) is 0 Å². The first kappa shape index (κ1) is 10.7. The number of piperidine rings is 1. The molecule has 1 aliphatic carbocycles. The van der Waals surface area contributed by atoms with Crippen LogP contribution in [0.15, 0.2) is 0 Å². The Morgan fingerprint density at radius 2 is 2.00 bits per heavy atom. The smallest absolute Gasteiger partial charge is 0.407 e. The number of amides is 1. The van der Waals surface area contributed by atoms with E-state index in [9.17, 15) is 4.79 Å². The van der Waals surface area contributed by atoms with Crippen molar-refractivity contribution in [2.45, 2.75) is 26.3 Å². The third kappa shape index (κ3) is 2.62. The van der Waals surface area contributed by atoms with E-state index in [1.165, 1.54) is 0 Å². The number of carbonyl (C=O) groups is 1. The van der Waals surface area contributed by atoms with Crippen molar-refractivity contribution >= 4 is 6.09 Å². The molecule has 2 N–H and O–H groups in total. The van der Waals surface area contributed by atoms with E-state index in [4.69, 9.17) is 4.74 Å². The first-order chi connectivity index (χ1) is 6.97. The van der Waals surface area contributed by atoms with Gasteiger partial charge in [-0.1, -0.05) is 0 Å². The molecule has 1 saturated carbocycles. The molecule has 0 aromatic heterocycles. The minimum Gasteiger partial charge on any atom is -0.449 e. The van der Waals surface area contributed by atoms with Crippen LogP contribution < -0.4 is 10.6 Å². The number of rotatable bonds is 2. The van der Waals surface area contributed by atoms with Gasteiger partial charge in [-0.05, 0) is 45.7 Å². The van der Waals surface area contributed by atoms with Gasteiger partial charge in [0.2, 0.25) is 0 Å². The predicted octanol–water partition coefficient (Wildman–Crippen LogP) is 0.977. The summed E-state index contributed by atoms with van der Waals surface area (Å²) in [4.78, 5) is 11.4. The summed E-state index contributed by atoms with van der Waals surface area (Å²) in [6.07, 6.45) is -0.291. The highest BCUT2D eigenvalue weighted by molar-refractivity contribution is 5.68. The second kappa shape index (κ2) is 3.67. The van der Waals surface area contributed by atoms with Gasteiger partial charge in [-0.15, -0.1) is 0 Å². The second-order valence-corrected chi connectivity index (χ2v) is 5.62. The zero-order chi connectivity index (χ0) is 11.1. The van der Waals surface area contributed by atoms with E-state index in [0.717, 1.165) is 24.9 Å². The third-order valence-electron chi connectivity index (χ3n) is 3.15. The molecular weight excluding hydrogens is 192 g/mol. The van der Waals surface area contributed by atoms with E-state index in [1.54, 1.807) is 0 Å². The molecule has 86 valence electrons. The average molecular weight is 212 g/mol. The van der Waals surface area contributed by atoms with Crippen molar-refractivity contribution in [2.75, 3.05) is 19.7 Å². The molecule has 0 radical (unpaired) electrons. The molecule has 2 fully saturated rings. The minimum absolute atomic E-state index is 0.210. The number of alkyl carbamates (subject to hydrolysis) is 1. The van der Waals surface area contributed by atoms with Gasteiger partial charge in [0.25, 0.3) is 0 Å². The monoisotopic (exact) mass is 212 g/mol. The summed E-state index contributed by atoms with van der Waals surface area (Å²) in [7, 11) is 0. The lowest BCUT2D eigenvalue weighted by molar-refractivity contribution is 0.128. The molecule has 4 heteroatoms. The van der Waals surface area contributed by atoms with Gasteiger partial charge in [-0.25, -0.2) is 4.79 Å². The summed E-state index contributed by atoms with van der Waals surface area (Å²) >= 11 is 0. The normalized spacial score (nSPS) is 33.4. The van der Waals surface area contributed by atoms with Crippen LogP contribution in [0.25, 0.3) is 0 Å². The van der Waals surface area contributed by atoms with Gasteiger partial charge in [0.15, 0.2) is 0 Å². The molecule has 2 atom stereocenters. The zero-order valence-corrected chi connectivity index (χ0v) is 9.67. The number of carbonyl (C=O) groups excluding carboxylic acids is 1. The Kier molecular flexibility index (Phi) is 2.63. The Balaban J connectivity index is 1.64. The molecule has 1 aliphatic heterocycles. The molecule has 1 heterocycles. The Bertz CT molecular complexity index is 250. The predicted molar refractivity (Wildman–Crippen MR) is 57.6 cm³/mol. The molecular formula is C11H20N2O2. The highest BCUT2D eigenvalue weighted by atomic mass is 16.5. The summed E-state index contributed by atoms with van der Waals surface area (Å²) in [5, 5.41) is 6.11. The van der Waals surface area contributed by atoms with Crippen molar-refractivity contribution < 1.29 is 9.53 Å². The molecule has 2 rings (SSSR count). The van der Waals surface area contributed by atoms with E-state index < -0.39 is 0 Å². The number of hydrogen-bond acceptors (Lipinski definition) is 3. The second-order valence-electron chi connectivity index (χ2n) is 5.62. The van der Waals surface area contributed by atoms with Crippen LogP contribution in [0.1, 0.15) is 20.8 Å². The molecule has 2 unspecified atom stereocenters. The van der Waals surface area contributed by atoms with Crippen LogP contribution in [-0.4, -0.2) is 31.3 Å². The zero-order valence-electron chi connectivity index (χ0n) is 9.67. The number of fused-ring (bicyclic) bond motifs is 1. The third-order valence-corrected chi connectivity index (χ3v) is 3.15. The summed E-state index contributed by atoms with van der Waals surface area (Å²) in [5.41, 5.74) is -0.210. The van der Waals surface area contributed by atoms with Crippen molar-refractivity contribution in [1.82, 2.24) is 10.6 Å². The van der Waals surface area contributed by atoms with Gasteiger partial charge >= 0.3 is 6.09 Å². The van der Waals surface area contributed by atoms with E-state index in [0.29, 0.717) is 12.5 Å². The topological polar surface area (TPSA) is 50.4 Å². The Morgan fingerprint density at radius 1 is 1.40 bits per heavy atom. The van der Waals surface area contributed by atoms with Crippen LogP contribution in [0, 0.1) is 17.8 Å². The fourth-order valence-electron chi connectivity index (χ4n) is 2.31. The standard InChI is InChI=1S/C11H20N2O2/c1-11(2,3)13-10(14)15-6-9-7-4-12-5-8(7)9/h7-9,12H,4-6H2,1-3H3,(H,13,14). The summed E-state index contributed by atoms with van der Waals surface area (Å²) in [6, 6.07) is 0. The SMILES string of the molecule is CC(C)(C)NC(=O)OCC1C2CNCC21. The highest BCUT2D eigenvalue weighted by Gasteiger charge is 2.53. The molecule has 0 spiro atoms. The van der Waals surface area contributed by atoms with Crippen LogP contribution in [0.5, 0.6) is 0 Å². The first-order valence-corrected chi connectivity index (χ1v) is 5.63. The Labute approximate surface area is 90.8 Å². The summed E-state index contributed by atoms with van der Waals surface area (Å²) in [6.45, 7) is 8.62. The molecule has 1 saturated heterocycles. The highest BCUT2D eigenvalue weighted by Crippen LogP contribution is 2.48. The van der Waals surface area contributed by atoms with Gasteiger partial charge in [-0.2, -0.15) is 0 Å². The number of ether oxygens (including phenoxy) is 1. The molecule has 4 nitrogen and oxygen atoms in total. The largest absolute Gasteiger partial charge is 0.449 e. The van der Waals surface area contributed by atoms with Crippen LogP contribution in [0.2, 0.25) is 0 Å². The average Bonchev–Trinajstić information content (AvgIpc) is 2.55. The van der Waals surface area contributed by atoms with E-state index >= 15 is 0 Å². The fourth-order valence-corrected chi connectivity index (χ4v) is 2.31. The van der Waals surface area contributed by atoms with Crippen molar-refractivity contribution in [1.29, 1.82) is 0 Å². The quantitative estimate of drug-likeness (QED) is 0.717. The summed E-state index contributed by atoms with van der Waals surface area (Å²) in [5.74, 6) is 2.12. The number of nitrogens with one attached hydrogen (secondary N) is 2. The molecule has 2 aliphatic rings. The van der Waals surface area contributed by atoms with E-state index in [2.05, 4.69) is 10.6 Å². The van der Waals surface area contributed by atoms with Crippen LogP contribution in [0.4, 0.5) is 4.79 Å². The van der Waals surface area contributed by atoms with Gasteiger partial charge < -0.3 is 15.4 Å². The van der Waals surface area contributed by atoms with Gasteiger partial charge in [0.1, 0.15) is 0 Å². The lowest BCUT2D eigenvalue weighted by atomic mass is 10.1. The van der Waals surface area contributed by atoms with Gasteiger partial charge in [0.05, 0.1) is 6.61 Å². The van der Waals surface area contributed by atoms with Crippen LogP contribution >= 0.6 is 0 Å². The van der Waals surface area contributed by atoms with Crippen LogP contribution in [0.3, 0.4) is 0 Å². The molecule has 15 heavy (non-hydrogen) atoms. The minimum atomic E-state index is -0.291. The Hall–Kier alpha value is -0.770. The molecule has 0 aromatic rings. The lowest BCUT2D eigenvalue weighted by Crippen LogP contribution is -2.41. The molecule has 0 aromatic carbocycles. The van der Waals surface area contributed by atoms with E-state index in [-0.39, 0.29) is 11.6 Å². The Morgan fingerprint density at radius 3 is 2.53 bits per heavy atom. The van der Waals surface area contributed by atoms with Crippen molar-refractivity contribution in [3.63, 3.8) is 0 Å². The van der Waals surface area contributed by atoms with Crippen LogP contribution in [-0.2, 0) is 4.74 Å². The van der Waals surface area contributed by atoms with Crippen molar-refractivity contribution in [3.8, 4) is 0 Å². The summed E-state index contributed by atoms with van der Waals surface area (Å²) < 4.78 is 5.20. The fraction of sp³-hybridized carbons (Fsp3) is 0.909. The van der Waals surface area contributed by atoms with Crippen molar-refractivity contribution in [2.24, 2.45) is 17.8 Å². The van der Waals surface area contributed by atoms with Crippen molar-refractivity contribution in [3.05, 3.63) is 0 Å². The maximum Gasteiger partial charge on any atom is 0.407 e.